The van der Waals surface area contributed by atoms with E-state index in [9.17, 15) is 9.59 Å². The molecule has 0 saturated heterocycles. The van der Waals surface area contributed by atoms with Gasteiger partial charge in [-0.25, -0.2) is 0 Å². The monoisotopic (exact) mass is 263 g/mol. The maximum atomic E-state index is 12.1. The third kappa shape index (κ3) is 3.24. The molecule has 1 aromatic rings. The summed E-state index contributed by atoms with van der Waals surface area (Å²) in [6.07, 6.45) is 2.92. The molecule has 0 bridgehead atoms. The first-order chi connectivity index (χ1) is 9.08. The number of nitrogens with one attached hydrogen (secondary N) is 1. The molecule has 0 aromatic heterocycles. The largest absolute Gasteiger partial charge is 0.508 e. The summed E-state index contributed by atoms with van der Waals surface area (Å²) in [4.78, 5) is 23.3. The van der Waals surface area contributed by atoms with Gasteiger partial charge in [-0.1, -0.05) is 12.8 Å². The lowest BCUT2D eigenvalue weighted by atomic mass is 9.78. The summed E-state index contributed by atoms with van der Waals surface area (Å²) in [6, 6.07) is 6.13. The van der Waals surface area contributed by atoms with E-state index in [1.165, 1.54) is 12.1 Å². The third-order valence-electron chi connectivity index (χ3n) is 3.55. The van der Waals surface area contributed by atoms with E-state index < -0.39 is 17.8 Å². The van der Waals surface area contributed by atoms with E-state index in [2.05, 4.69) is 5.32 Å². The molecule has 1 fully saturated rings. The summed E-state index contributed by atoms with van der Waals surface area (Å²) in [7, 11) is 0. The number of carbonyl (C=O) groups excluding carboxylic acids is 1. The van der Waals surface area contributed by atoms with Crippen LogP contribution in [-0.4, -0.2) is 22.1 Å². The number of anilines is 1. The zero-order valence-electron chi connectivity index (χ0n) is 10.5. The topological polar surface area (TPSA) is 86.6 Å². The highest BCUT2D eigenvalue weighted by Gasteiger charge is 2.35. The average molecular weight is 263 g/mol. The fourth-order valence-electron chi connectivity index (χ4n) is 2.52. The van der Waals surface area contributed by atoms with Crippen LogP contribution >= 0.6 is 0 Å². The maximum Gasteiger partial charge on any atom is 0.307 e. The Balaban J connectivity index is 2.05. The SMILES string of the molecule is O=C(O)[C@@H]1CCCC[C@H]1C(=O)Nc1ccc(O)cc1. The Labute approximate surface area is 111 Å². The smallest absolute Gasteiger partial charge is 0.307 e. The minimum atomic E-state index is -0.898. The van der Waals surface area contributed by atoms with Crippen molar-refractivity contribution in [2.24, 2.45) is 11.8 Å². The van der Waals surface area contributed by atoms with Gasteiger partial charge >= 0.3 is 5.97 Å². The van der Waals surface area contributed by atoms with Crippen molar-refractivity contribution in [2.75, 3.05) is 5.32 Å². The second-order valence-corrected chi connectivity index (χ2v) is 4.87. The molecule has 1 saturated carbocycles. The molecule has 102 valence electrons. The van der Waals surface area contributed by atoms with Crippen molar-refractivity contribution >= 4 is 17.6 Å². The van der Waals surface area contributed by atoms with Crippen molar-refractivity contribution in [3.8, 4) is 5.75 Å². The maximum absolute atomic E-state index is 12.1. The highest BCUT2D eigenvalue weighted by molar-refractivity contribution is 5.95. The Hall–Kier alpha value is -2.04. The molecule has 3 N–H and O–H groups in total. The van der Waals surface area contributed by atoms with Gasteiger partial charge in [0.05, 0.1) is 11.8 Å². The van der Waals surface area contributed by atoms with E-state index in [0.717, 1.165) is 12.8 Å². The van der Waals surface area contributed by atoms with Gasteiger partial charge in [0.1, 0.15) is 5.75 Å². The number of hydrogen-bond donors (Lipinski definition) is 3. The molecule has 1 aliphatic rings. The number of carboxylic acids is 1. The molecule has 5 nitrogen and oxygen atoms in total. The van der Waals surface area contributed by atoms with Gasteiger partial charge in [0, 0.05) is 5.69 Å². The van der Waals surface area contributed by atoms with Crippen molar-refractivity contribution in [3.63, 3.8) is 0 Å². The minimum absolute atomic E-state index is 0.124. The standard InChI is InChI=1S/C14H17NO4/c16-10-7-5-9(6-8-10)15-13(17)11-3-1-2-4-12(11)14(18)19/h5-8,11-12,16H,1-4H2,(H,15,17)(H,18,19)/t11-,12-/m1/s1. The van der Waals surface area contributed by atoms with Crippen LogP contribution in [0.15, 0.2) is 24.3 Å². The van der Waals surface area contributed by atoms with Gasteiger partial charge in [0.15, 0.2) is 0 Å². The number of carboxylic acid groups (broad SMARTS) is 1. The number of phenolic OH excluding ortho intramolecular Hbond substituents is 1. The van der Waals surface area contributed by atoms with Gasteiger partial charge in [-0.3, -0.25) is 9.59 Å². The number of rotatable bonds is 3. The molecule has 0 radical (unpaired) electrons. The average Bonchev–Trinajstić information content (AvgIpc) is 2.41. The summed E-state index contributed by atoms with van der Waals surface area (Å²) in [5, 5.41) is 21.0. The van der Waals surface area contributed by atoms with E-state index in [1.54, 1.807) is 12.1 Å². The molecule has 0 spiro atoms. The molecular weight excluding hydrogens is 246 g/mol. The summed E-state index contributed by atoms with van der Waals surface area (Å²) in [5.74, 6) is -2.09. The van der Waals surface area contributed by atoms with E-state index >= 15 is 0 Å². The van der Waals surface area contributed by atoms with E-state index in [0.29, 0.717) is 18.5 Å². The van der Waals surface area contributed by atoms with Crippen molar-refractivity contribution in [1.29, 1.82) is 0 Å². The quantitative estimate of drug-likeness (QED) is 0.730. The van der Waals surface area contributed by atoms with Crippen LogP contribution in [0.1, 0.15) is 25.7 Å². The highest BCUT2D eigenvalue weighted by Crippen LogP contribution is 2.31. The van der Waals surface area contributed by atoms with Crippen LogP contribution in [0.2, 0.25) is 0 Å². The van der Waals surface area contributed by atoms with Crippen LogP contribution in [0.3, 0.4) is 0 Å². The molecule has 5 heteroatoms. The molecular formula is C14H17NO4. The Morgan fingerprint density at radius 3 is 2.21 bits per heavy atom. The number of aliphatic carboxylic acids is 1. The lowest BCUT2D eigenvalue weighted by Gasteiger charge is -2.27. The highest BCUT2D eigenvalue weighted by atomic mass is 16.4. The third-order valence-corrected chi connectivity index (χ3v) is 3.55. The molecule has 1 amide bonds. The van der Waals surface area contributed by atoms with Gasteiger partial charge in [0.25, 0.3) is 0 Å². The van der Waals surface area contributed by atoms with Gasteiger partial charge in [-0.05, 0) is 37.1 Å². The first-order valence-electron chi connectivity index (χ1n) is 6.40. The molecule has 1 aliphatic carbocycles. The van der Waals surface area contributed by atoms with Crippen molar-refractivity contribution in [1.82, 2.24) is 0 Å². The van der Waals surface area contributed by atoms with Crippen molar-refractivity contribution in [2.45, 2.75) is 25.7 Å². The second-order valence-electron chi connectivity index (χ2n) is 4.87. The molecule has 19 heavy (non-hydrogen) atoms. The first kappa shape index (κ1) is 13.4. The fourth-order valence-corrected chi connectivity index (χ4v) is 2.52. The predicted molar refractivity (Wildman–Crippen MR) is 69.8 cm³/mol. The van der Waals surface area contributed by atoms with Crippen LogP contribution in [0.4, 0.5) is 5.69 Å². The van der Waals surface area contributed by atoms with Crippen LogP contribution < -0.4 is 5.32 Å². The number of carbonyl (C=O) groups is 2. The zero-order valence-corrected chi connectivity index (χ0v) is 10.5. The van der Waals surface area contributed by atoms with Gasteiger partial charge in [-0.2, -0.15) is 0 Å². The number of aromatic hydroxyl groups is 1. The molecule has 2 atom stereocenters. The number of phenols is 1. The van der Waals surface area contributed by atoms with Crippen LogP contribution in [0.5, 0.6) is 5.75 Å². The summed E-state index contributed by atoms with van der Waals surface area (Å²) >= 11 is 0. The molecule has 2 rings (SSSR count). The lowest BCUT2D eigenvalue weighted by Crippen LogP contribution is -2.36. The van der Waals surface area contributed by atoms with Crippen molar-refractivity contribution < 1.29 is 19.8 Å². The summed E-state index contributed by atoms with van der Waals surface area (Å²) < 4.78 is 0. The normalized spacial score (nSPS) is 22.7. The molecule has 0 aliphatic heterocycles. The molecule has 0 unspecified atom stereocenters. The second kappa shape index (κ2) is 5.73. The van der Waals surface area contributed by atoms with E-state index in [-0.39, 0.29) is 11.7 Å². The Kier molecular flexibility index (Phi) is 4.04. The predicted octanol–water partition coefficient (Wildman–Crippen LogP) is 2.22. The first-order valence-corrected chi connectivity index (χ1v) is 6.40. The minimum Gasteiger partial charge on any atom is -0.508 e. The van der Waals surface area contributed by atoms with E-state index in [1.807, 2.05) is 0 Å². The van der Waals surface area contributed by atoms with Crippen LogP contribution in [0.25, 0.3) is 0 Å². The Morgan fingerprint density at radius 1 is 1.05 bits per heavy atom. The fraction of sp³-hybridized carbons (Fsp3) is 0.429. The number of hydrogen-bond acceptors (Lipinski definition) is 3. The van der Waals surface area contributed by atoms with Crippen LogP contribution in [0, 0.1) is 11.8 Å². The molecule has 0 heterocycles. The Morgan fingerprint density at radius 2 is 1.63 bits per heavy atom. The number of amides is 1. The summed E-state index contributed by atoms with van der Waals surface area (Å²) in [6.45, 7) is 0. The van der Waals surface area contributed by atoms with Crippen LogP contribution in [-0.2, 0) is 9.59 Å². The summed E-state index contributed by atoms with van der Waals surface area (Å²) in [5.41, 5.74) is 0.567. The lowest BCUT2D eigenvalue weighted by molar-refractivity contribution is -0.147. The molecule has 1 aromatic carbocycles. The van der Waals surface area contributed by atoms with Gasteiger partial charge in [0.2, 0.25) is 5.91 Å². The zero-order chi connectivity index (χ0) is 13.8. The van der Waals surface area contributed by atoms with Gasteiger partial charge < -0.3 is 15.5 Å². The van der Waals surface area contributed by atoms with Crippen molar-refractivity contribution in [3.05, 3.63) is 24.3 Å². The number of benzene rings is 1. The van der Waals surface area contributed by atoms with Gasteiger partial charge in [-0.15, -0.1) is 0 Å². The van der Waals surface area contributed by atoms with E-state index in [4.69, 9.17) is 10.2 Å². The Bertz CT molecular complexity index is 469.